The number of nitrogens with zero attached hydrogens (tertiary/aromatic N) is 4. The average Bonchev–Trinajstić information content (AvgIpc) is 3.13. The molecule has 0 saturated carbocycles. The van der Waals surface area contributed by atoms with Gasteiger partial charge < -0.3 is 9.80 Å². The summed E-state index contributed by atoms with van der Waals surface area (Å²) < 4.78 is 0. The van der Waals surface area contributed by atoms with Gasteiger partial charge in [0, 0.05) is 35.1 Å². The first-order valence-electron chi connectivity index (χ1n) is 13.3. The van der Waals surface area contributed by atoms with Crippen LogP contribution in [0.3, 0.4) is 0 Å². The number of fused-ring (bicyclic) bond motifs is 3. The van der Waals surface area contributed by atoms with Gasteiger partial charge in [0.25, 0.3) is 6.71 Å². The molecule has 39 heavy (non-hydrogen) atoms. The van der Waals surface area contributed by atoms with E-state index in [4.69, 9.17) is 0 Å². The van der Waals surface area contributed by atoms with Gasteiger partial charge in [-0.05, 0) is 87.2 Å². The minimum Gasteiger partial charge on any atom is -0.310 e. The van der Waals surface area contributed by atoms with Crippen LogP contribution in [0.5, 0.6) is 0 Å². The summed E-state index contributed by atoms with van der Waals surface area (Å²) in [6.07, 6.45) is 7.60. The molecule has 0 bridgehead atoms. The summed E-state index contributed by atoms with van der Waals surface area (Å²) in [4.78, 5) is 13.8. The highest BCUT2D eigenvalue weighted by atomic mass is 15.2. The van der Waals surface area contributed by atoms with E-state index >= 15 is 0 Å². The quantitative estimate of drug-likeness (QED) is 0.267. The largest absolute Gasteiger partial charge is 0.310 e. The van der Waals surface area contributed by atoms with E-state index in [-0.39, 0.29) is 6.71 Å². The Balaban J connectivity index is 1.49. The van der Waals surface area contributed by atoms with E-state index in [1.165, 1.54) is 61.4 Å². The number of benzene rings is 4. The lowest BCUT2D eigenvalue weighted by atomic mass is 9.32. The molecule has 4 nitrogen and oxygen atoms in total. The minimum absolute atomic E-state index is 0.0989. The van der Waals surface area contributed by atoms with Crippen molar-refractivity contribution in [2.24, 2.45) is 0 Å². The van der Waals surface area contributed by atoms with Crippen LogP contribution >= 0.6 is 0 Å². The van der Waals surface area contributed by atoms with Crippen molar-refractivity contribution in [1.82, 2.24) is 9.97 Å². The van der Waals surface area contributed by atoms with E-state index in [1.807, 2.05) is 36.9 Å². The molecule has 9 rings (SSSR count). The Morgan fingerprint density at radius 2 is 0.846 bits per heavy atom. The second-order valence-corrected chi connectivity index (χ2v) is 10.3. The number of pyridine rings is 2. The molecular weight excluding hydrogens is 475 g/mol. The molecule has 5 heterocycles. The van der Waals surface area contributed by atoms with Crippen LogP contribution in [-0.2, 0) is 0 Å². The molecule has 0 aliphatic carbocycles. The molecule has 0 unspecified atom stereocenters. The molecule has 4 aromatic carbocycles. The topological polar surface area (TPSA) is 32.3 Å². The molecule has 0 atom stereocenters. The fourth-order valence-corrected chi connectivity index (χ4v) is 6.97. The molecule has 6 aromatic rings. The van der Waals surface area contributed by atoms with E-state index in [9.17, 15) is 0 Å². The summed E-state index contributed by atoms with van der Waals surface area (Å²) in [6.45, 7) is 0.0989. The third-order valence-electron chi connectivity index (χ3n) is 8.37. The van der Waals surface area contributed by atoms with Crippen molar-refractivity contribution in [3.63, 3.8) is 0 Å². The van der Waals surface area contributed by atoms with Crippen molar-refractivity contribution in [2.45, 2.75) is 0 Å². The van der Waals surface area contributed by atoms with Gasteiger partial charge in [-0.3, -0.25) is 9.97 Å². The second-order valence-electron chi connectivity index (χ2n) is 10.3. The number of rotatable bonds is 2. The zero-order valence-electron chi connectivity index (χ0n) is 21.0. The van der Waals surface area contributed by atoms with Crippen LogP contribution in [0.4, 0.5) is 34.1 Å². The lowest BCUT2D eigenvalue weighted by molar-refractivity contribution is 1.21. The molecule has 0 fully saturated rings. The molecule has 0 amide bonds. The lowest BCUT2D eigenvalue weighted by Crippen LogP contribution is -2.61. The van der Waals surface area contributed by atoms with Crippen LogP contribution in [0.2, 0.25) is 0 Å². The van der Waals surface area contributed by atoms with Gasteiger partial charge in [0.15, 0.2) is 0 Å². The molecular formula is C34H21BN4. The van der Waals surface area contributed by atoms with Crippen LogP contribution < -0.4 is 26.2 Å². The summed E-state index contributed by atoms with van der Waals surface area (Å²) in [5, 5.41) is 0. The summed E-state index contributed by atoms with van der Waals surface area (Å²) >= 11 is 0. The van der Waals surface area contributed by atoms with E-state index in [0.717, 1.165) is 11.4 Å². The molecule has 0 radical (unpaired) electrons. The normalized spacial score (nSPS) is 13.5. The monoisotopic (exact) mass is 496 g/mol. The fraction of sp³-hybridized carbons (Fsp3) is 0. The lowest BCUT2D eigenvalue weighted by Gasteiger charge is -2.44. The maximum atomic E-state index is 4.51. The highest BCUT2D eigenvalue weighted by molar-refractivity contribution is 7.02. The van der Waals surface area contributed by atoms with E-state index < -0.39 is 0 Å². The van der Waals surface area contributed by atoms with Gasteiger partial charge >= 0.3 is 0 Å². The van der Waals surface area contributed by atoms with Crippen LogP contribution in [0.25, 0.3) is 22.3 Å². The third kappa shape index (κ3) is 2.69. The van der Waals surface area contributed by atoms with Gasteiger partial charge in [-0.1, -0.05) is 54.6 Å². The number of hydrogen-bond donors (Lipinski definition) is 0. The van der Waals surface area contributed by atoms with Gasteiger partial charge in [-0.25, -0.2) is 0 Å². The molecule has 3 aliphatic heterocycles. The Hall–Kier alpha value is -5.16. The molecule has 180 valence electrons. The molecule has 5 heteroatoms. The van der Waals surface area contributed by atoms with Crippen molar-refractivity contribution < 1.29 is 0 Å². The first-order chi connectivity index (χ1) is 19.4. The summed E-state index contributed by atoms with van der Waals surface area (Å²) in [5.41, 5.74) is 16.1. The van der Waals surface area contributed by atoms with Gasteiger partial charge in [0.2, 0.25) is 0 Å². The van der Waals surface area contributed by atoms with Crippen molar-refractivity contribution in [3.05, 3.63) is 128 Å². The average molecular weight is 496 g/mol. The van der Waals surface area contributed by atoms with E-state index in [2.05, 4.69) is 111 Å². The SMILES string of the molecule is c1cncc(N2c3cccc4c3B3c5c(cccc5N(c5cccnc5)c5cccc2c53)-c2ccccc2-4)c1. The number of anilines is 6. The Morgan fingerprint density at radius 3 is 1.31 bits per heavy atom. The molecule has 0 N–H and O–H groups in total. The van der Waals surface area contributed by atoms with Crippen molar-refractivity contribution in [3.8, 4) is 22.3 Å². The van der Waals surface area contributed by atoms with E-state index in [0.29, 0.717) is 0 Å². The number of hydrogen-bond acceptors (Lipinski definition) is 4. The first kappa shape index (κ1) is 20.9. The maximum Gasteiger partial charge on any atom is 0.253 e. The Labute approximate surface area is 226 Å². The van der Waals surface area contributed by atoms with Crippen molar-refractivity contribution in [2.75, 3.05) is 9.80 Å². The third-order valence-corrected chi connectivity index (χ3v) is 8.37. The Kier molecular flexibility index (Phi) is 4.11. The van der Waals surface area contributed by atoms with Gasteiger partial charge in [-0.2, -0.15) is 0 Å². The molecule has 0 saturated heterocycles. The zero-order valence-corrected chi connectivity index (χ0v) is 21.0. The minimum atomic E-state index is 0.0989. The number of aromatic nitrogens is 2. The highest BCUT2D eigenvalue weighted by Crippen LogP contribution is 2.47. The predicted octanol–water partition coefficient (Wildman–Crippen LogP) is 6.21. The first-order valence-corrected chi connectivity index (χ1v) is 13.3. The molecule has 3 aliphatic rings. The Bertz CT molecular complexity index is 1800. The summed E-state index contributed by atoms with van der Waals surface area (Å²) in [7, 11) is 0. The van der Waals surface area contributed by atoms with Gasteiger partial charge in [0.1, 0.15) is 0 Å². The molecule has 0 spiro atoms. The highest BCUT2D eigenvalue weighted by Gasteiger charge is 2.46. The van der Waals surface area contributed by atoms with Crippen molar-refractivity contribution >= 4 is 57.2 Å². The summed E-state index contributed by atoms with van der Waals surface area (Å²) in [6, 6.07) is 37.4. The second kappa shape index (κ2) is 7.68. The predicted molar refractivity (Wildman–Crippen MR) is 160 cm³/mol. The smallest absolute Gasteiger partial charge is 0.253 e. The fourth-order valence-electron chi connectivity index (χ4n) is 6.97. The van der Waals surface area contributed by atoms with Crippen molar-refractivity contribution in [1.29, 1.82) is 0 Å². The van der Waals surface area contributed by atoms with Crippen LogP contribution in [0.15, 0.2) is 128 Å². The maximum absolute atomic E-state index is 4.51. The van der Waals surface area contributed by atoms with Gasteiger partial charge in [0.05, 0.1) is 23.8 Å². The standard InChI is InChI=1S/C34H21BN4/c1-2-11-25-24(10-1)26-12-3-14-28-32(26)35-33-27(25)13-4-15-29(33)39(23-9-7-19-37-21-23)31-17-5-16-30(34(31)35)38(28)22-8-6-18-36-20-22/h1-21H. The van der Waals surface area contributed by atoms with E-state index in [1.54, 1.807) is 0 Å². The summed E-state index contributed by atoms with van der Waals surface area (Å²) in [5.74, 6) is 0. The molecule has 2 aromatic heterocycles. The zero-order chi connectivity index (χ0) is 25.5. The van der Waals surface area contributed by atoms with Gasteiger partial charge in [-0.15, -0.1) is 0 Å². The Morgan fingerprint density at radius 1 is 0.410 bits per heavy atom. The van der Waals surface area contributed by atoms with Crippen LogP contribution in [0, 0.1) is 0 Å². The van der Waals surface area contributed by atoms with Crippen LogP contribution in [0.1, 0.15) is 0 Å². The van der Waals surface area contributed by atoms with Crippen LogP contribution in [-0.4, -0.2) is 16.7 Å².